The number of hydrogen-bond acceptors (Lipinski definition) is 3. The minimum Gasteiger partial charge on any atom is -0.491 e. The van der Waals surface area contributed by atoms with Crippen molar-refractivity contribution in [2.75, 3.05) is 18.5 Å². The number of ether oxygens (including phenoxy) is 2. The van der Waals surface area contributed by atoms with Gasteiger partial charge in [0.05, 0.1) is 11.7 Å². The van der Waals surface area contributed by atoms with Gasteiger partial charge in [-0.2, -0.15) is 0 Å². The quantitative estimate of drug-likeness (QED) is 0.478. The predicted molar refractivity (Wildman–Crippen MR) is 119 cm³/mol. The lowest BCUT2D eigenvalue weighted by Crippen LogP contribution is -2.45. The van der Waals surface area contributed by atoms with E-state index in [1.54, 1.807) is 0 Å². The van der Waals surface area contributed by atoms with Gasteiger partial charge in [-0.3, -0.25) is 0 Å². The molecule has 150 valence electrons. The number of benzene rings is 3. The number of urea groups is 1. The van der Waals surface area contributed by atoms with Crippen molar-refractivity contribution in [1.29, 1.82) is 0 Å². The van der Waals surface area contributed by atoms with Gasteiger partial charge < -0.3 is 20.1 Å². The van der Waals surface area contributed by atoms with Crippen molar-refractivity contribution in [2.24, 2.45) is 0 Å². The van der Waals surface area contributed by atoms with Crippen molar-refractivity contribution in [2.45, 2.75) is 13.0 Å². The Hall–Kier alpha value is -2.99. The Morgan fingerprint density at radius 3 is 2.28 bits per heavy atom. The number of anilines is 1. The zero-order chi connectivity index (χ0) is 20.5. The summed E-state index contributed by atoms with van der Waals surface area (Å²) in [5, 5.41) is 5.77. The molecule has 5 nitrogen and oxygen atoms in total. The van der Waals surface area contributed by atoms with Crippen LogP contribution in [-0.4, -0.2) is 25.3 Å². The van der Waals surface area contributed by atoms with E-state index < -0.39 is 0 Å². The molecule has 0 spiro atoms. The Labute approximate surface area is 179 Å². The SMILES string of the molecule is Cc1cccc(OC[C@H](COc2ccccc2)NC(=O)Nc2ccccc2Br)c1. The van der Waals surface area contributed by atoms with Crippen LogP contribution in [0.3, 0.4) is 0 Å². The topological polar surface area (TPSA) is 59.6 Å². The van der Waals surface area contributed by atoms with Crippen LogP contribution in [0, 0.1) is 6.92 Å². The maximum absolute atomic E-state index is 12.5. The van der Waals surface area contributed by atoms with E-state index >= 15 is 0 Å². The first-order chi connectivity index (χ1) is 14.1. The molecule has 0 saturated carbocycles. The third-order valence-corrected chi connectivity index (χ3v) is 4.78. The molecule has 6 heteroatoms. The number of aryl methyl sites for hydroxylation is 1. The number of rotatable bonds is 8. The largest absolute Gasteiger partial charge is 0.491 e. The van der Waals surface area contributed by atoms with Crippen LogP contribution in [0.15, 0.2) is 83.3 Å². The summed E-state index contributed by atoms with van der Waals surface area (Å²) in [6, 6.07) is 24.0. The number of carbonyl (C=O) groups excluding carboxylic acids is 1. The molecule has 0 aliphatic carbocycles. The Morgan fingerprint density at radius 2 is 1.55 bits per heavy atom. The average molecular weight is 455 g/mol. The van der Waals surface area contributed by atoms with E-state index in [2.05, 4.69) is 26.6 Å². The lowest BCUT2D eigenvalue weighted by molar-refractivity contribution is 0.193. The van der Waals surface area contributed by atoms with Gasteiger partial charge >= 0.3 is 6.03 Å². The molecule has 29 heavy (non-hydrogen) atoms. The molecule has 0 aliphatic rings. The molecule has 0 saturated heterocycles. The van der Waals surface area contributed by atoms with E-state index in [-0.39, 0.29) is 25.3 Å². The lowest BCUT2D eigenvalue weighted by Gasteiger charge is -2.20. The number of para-hydroxylation sites is 2. The van der Waals surface area contributed by atoms with E-state index in [9.17, 15) is 4.79 Å². The Kier molecular flexibility index (Phi) is 7.53. The van der Waals surface area contributed by atoms with Crippen LogP contribution in [0.4, 0.5) is 10.5 Å². The van der Waals surface area contributed by atoms with Crippen molar-refractivity contribution in [3.05, 3.63) is 88.9 Å². The molecular formula is C23H23BrN2O3. The minimum absolute atomic E-state index is 0.277. The molecule has 0 aromatic heterocycles. The van der Waals surface area contributed by atoms with Crippen LogP contribution in [0.1, 0.15) is 5.56 Å². The summed E-state index contributed by atoms with van der Waals surface area (Å²) in [6.07, 6.45) is 0. The molecule has 2 N–H and O–H groups in total. The highest BCUT2D eigenvalue weighted by Gasteiger charge is 2.15. The zero-order valence-corrected chi connectivity index (χ0v) is 17.7. The van der Waals surface area contributed by atoms with Gasteiger partial charge in [0.15, 0.2) is 0 Å². The summed E-state index contributed by atoms with van der Waals surface area (Å²) in [6.45, 7) is 2.56. The number of nitrogens with one attached hydrogen (secondary N) is 2. The fraction of sp³-hybridized carbons (Fsp3) is 0.174. The molecule has 0 aliphatic heterocycles. The highest BCUT2D eigenvalue weighted by Crippen LogP contribution is 2.21. The van der Waals surface area contributed by atoms with Crippen molar-refractivity contribution in [3.63, 3.8) is 0 Å². The van der Waals surface area contributed by atoms with Crippen LogP contribution in [0.2, 0.25) is 0 Å². The molecule has 3 aromatic carbocycles. The molecular weight excluding hydrogens is 432 g/mol. The summed E-state index contributed by atoms with van der Waals surface area (Å²) in [4.78, 5) is 12.5. The third kappa shape index (κ3) is 6.84. The van der Waals surface area contributed by atoms with Gasteiger partial charge in [0.1, 0.15) is 24.7 Å². The van der Waals surface area contributed by atoms with Gasteiger partial charge in [0.25, 0.3) is 0 Å². The van der Waals surface area contributed by atoms with Crippen LogP contribution in [-0.2, 0) is 0 Å². The molecule has 0 fully saturated rings. The molecule has 0 bridgehead atoms. The second-order valence-corrected chi connectivity index (χ2v) is 7.38. The average Bonchev–Trinajstić information content (AvgIpc) is 2.72. The molecule has 3 rings (SSSR count). The maximum Gasteiger partial charge on any atom is 0.319 e. The fourth-order valence-corrected chi connectivity index (χ4v) is 3.04. The summed E-state index contributed by atoms with van der Waals surface area (Å²) in [5.74, 6) is 1.49. The molecule has 2 amide bonds. The first-order valence-electron chi connectivity index (χ1n) is 9.29. The van der Waals surface area contributed by atoms with E-state index in [0.717, 1.165) is 21.5 Å². The van der Waals surface area contributed by atoms with Crippen molar-refractivity contribution in [1.82, 2.24) is 5.32 Å². The molecule has 0 heterocycles. The molecule has 3 aromatic rings. The second-order valence-electron chi connectivity index (χ2n) is 6.53. The molecule has 0 unspecified atom stereocenters. The van der Waals surface area contributed by atoms with E-state index in [0.29, 0.717) is 5.69 Å². The first kappa shape index (κ1) is 20.7. The van der Waals surface area contributed by atoms with Crippen molar-refractivity contribution >= 4 is 27.6 Å². The second kappa shape index (κ2) is 10.5. The van der Waals surface area contributed by atoms with E-state index in [1.807, 2.05) is 85.8 Å². The first-order valence-corrected chi connectivity index (χ1v) is 10.1. The Morgan fingerprint density at radius 1 is 0.897 bits per heavy atom. The molecule has 0 radical (unpaired) electrons. The van der Waals surface area contributed by atoms with Gasteiger partial charge in [-0.1, -0.05) is 42.5 Å². The Balaban J connectivity index is 1.62. The summed E-state index contributed by atoms with van der Waals surface area (Å²) >= 11 is 3.43. The van der Waals surface area contributed by atoms with Gasteiger partial charge in [0.2, 0.25) is 0 Å². The summed E-state index contributed by atoms with van der Waals surface area (Å²) in [5.41, 5.74) is 1.80. The van der Waals surface area contributed by atoms with Crippen LogP contribution in [0.25, 0.3) is 0 Å². The standard InChI is InChI=1S/C23H23BrN2O3/c1-17-8-7-11-20(14-17)29-16-18(15-28-19-9-3-2-4-10-19)25-23(27)26-22-13-6-5-12-21(22)24/h2-14,18H,15-16H2,1H3,(H2,25,26,27)/t18-/m0/s1. The third-order valence-electron chi connectivity index (χ3n) is 4.09. The number of halogens is 1. The van der Waals surface area contributed by atoms with Gasteiger partial charge in [-0.25, -0.2) is 4.79 Å². The summed E-state index contributed by atoms with van der Waals surface area (Å²) in [7, 11) is 0. The number of carbonyl (C=O) groups is 1. The lowest BCUT2D eigenvalue weighted by atomic mass is 10.2. The smallest absolute Gasteiger partial charge is 0.319 e. The Bertz CT molecular complexity index is 934. The van der Waals surface area contributed by atoms with E-state index in [1.165, 1.54) is 0 Å². The number of hydrogen-bond donors (Lipinski definition) is 2. The minimum atomic E-state index is -0.349. The van der Waals surface area contributed by atoms with Crippen molar-refractivity contribution < 1.29 is 14.3 Å². The van der Waals surface area contributed by atoms with E-state index in [4.69, 9.17) is 9.47 Å². The van der Waals surface area contributed by atoms with Gasteiger partial charge in [0, 0.05) is 4.47 Å². The van der Waals surface area contributed by atoms with Crippen LogP contribution >= 0.6 is 15.9 Å². The summed E-state index contributed by atoms with van der Waals surface area (Å²) < 4.78 is 12.5. The highest BCUT2D eigenvalue weighted by molar-refractivity contribution is 9.10. The van der Waals surface area contributed by atoms with Crippen molar-refractivity contribution in [3.8, 4) is 11.5 Å². The van der Waals surface area contributed by atoms with Gasteiger partial charge in [-0.05, 0) is 64.8 Å². The van der Waals surface area contributed by atoms with Crippen LogP contribution in [0.5, 0.6) is 11.5 Å². The fourth-order valence-electron chi connectivity index (χ4n) is 2.65. The van der Waals surface area contributed by atoms with Crippen LogP contribution < -0.4 is 20.1 Å². The maximum atomic E-state index is 12.5. The zero-order valence-electron chi connectivity index (χ0n) is 16.1. The number of amides is 2. The van der Waals surface area contributed by atoms with Gasteiger partial charge in [-0.15, -0.1) is 0 Å². The monoisotopic (exact) mass is 454 g/mol. The predicted octanol–water partition coefficient (Wildman–Crippen LogP) is 5.41. The highest BCUT2D eigenvalue weighted by atomic mass is 79.9. The molecule has 1 atom stereocenters. The normalized spacial score (nSPS) is 11.4.